The molecule has 19 heavy (non-hydrogen) atoms. The lowest BCUT2D eigenvalue weighted by atomic mass is 10.1. The molecule has 1 aliphatic heterocycles. The first-order chi connectivity index (χ1) is 9.13. The van der Waals surface area contributed by atoms with Crippen molar-refractivity contribution in [2.75, 3.05) is 33.9 Å². The van der Waals surface area contributed by atoms with Crippen molar-refractivity contribution in [1.82, 2.24) is 4.90 Å². The molecule has 0 aliphatic carbocycles. The van der Waals surface area contributed by atoms with E-state index in [0.29, 0.717) is 23.6 Å². The predicted molar refractivity (Wildman–Crippen MR) is 72.9 cm³/mol. The molecule has 1 aliphatic rings. The third kappa shape index (κ3) is 3.24. The number of likely N-dealkylation sites (tertiary alicyclic amines) is 1. The van der Waals surface area contributed by atoms with Crippen LogP contribution in [0.1, 0.15) is 16.8 Å². The Kier molecular flexibility index (Phi) is 4.39. The van der Waals surface area contributed by atoms with Gasteiger partial charge in [-0.1, -0.05) is 0 Å². The first-order valence-electron chi connectivity index (χ1n) is 6.37. The smallest absolute Gasteiger partial charge is 0.180 e. The minimum Gasteiger partial charge on any atom is -0.497 e. The van der Waals surface area contributed by atoms with Gasteiger partial charge >= 0.3 is 0 Å². The van der Waals surface area contributed by atoms with E-state index in [9.17, 15) is 4.79 Å². The molecule has 0 spiro atoms. The van der Waals surface area contributed by atoms with Gasteiger partial charge in [0.05, 0.1) is 26.3 Å². The Labute approximate surface area is 113 Å². The number of rotatable bonds is 5. The molecule has 0 radical (unpaired) electrons. The molecule has 0 aromatic heterocycles. The molecule has 104 valence electrons. The third-order valence-corrected chi connectivity index (χ3v) is 3.38. The zero-order chi connectivity index (χ0) is 13.8. The first kappa shape index (κ1) is 13.8. The van der Waals surface area contributed by atoms with Crippen LogP contribution >= 0.6 is 0 Å². The quantitative estimate of drug-likeness (QED) is 0.801. The van der Waals surface area contributed by atoms with E-state index >= 15 is 0 Å². The second-order valence-electron chi connectivity index (χ2n) is 4.77. The minimum atomic E-state index is 0.0323. The van der Waals surface area contributed by atoms with Crippen LogP contribution in [0.25, 0.3) is 0 Å². The second-order valence-corrected chi connectivity index (χ2v) is 4.77. The highest BCUT2D eigenvalue weighted by molar-refractivity contribution is 6.00. The van der Waals surface area contributed by atoms with E-state index in [0.717, 1.165) is 19.5 Å². The molecule has 0 amide bonds. The Hall–Kier alpha value is -1.59. The predicted octanol–water partition coefficient (Wildman–Crippen LogP) is 0.919. The van der Waals surface area contributed by atoms with Crippen LogP contribution in [0.5, 0.6) is 11.5 Å². The Bertz CT molecular complexity index is 462. The first-order valence-corrected chi connectivity index (χ1v) is 6.37. The number of hydrogen-bond donors (Lipinski definition) is 1. The lowest BCUT2D eigenvalue weighted by Crippen LogP contribution is -2.31. The summed E-state index contributed by atoms with van der Waals surface area (Å²) in [6.07, 6.45) is 0.947. The summed E-state index contributed by atoms with van der Waals surface area (Å²) >= 11 is 0. The molecule has 5 heteroatoms. The average molecular weight is 264 g/mol. The van der Waals surface area contributed by atoms with E-state index < -0.39 is 0 Å². The van der Waals surface area contributed by atoms with E-state index in [-0.39, 0.29) is 11.8 Å². The van der Waals surface area contributed by atoms with Gasteiger partial charge in [0.15, 0.2) is 5.78 Å². The van der Waals surface area contributed by atoms with Gasteiger partial charge in [-0.2, -0.15) is 0 Å². The van der Waals surface area contributed by atoms with Crippen LogP contribution < -0.4 is 15.2 Å². The van der Waals surface area contributed by atoms with Crippen molar-refractivity contribution in [3.05, 3.63) is 23.8 Å². The number of ether oxygens (including phenoxy) is 2. The van der Waals surface area contributed by atoms with Crippen LogP contribution in [-0.2, 0) is 0 Å². The summed E-state index contributed by atoms with van der Waals surface area (Å²) in [5.41, 5.74) is 6.40. The van der Waals surface area contributed by atoms with Gasteiger partial charge in [-0.25, -0.2) is 0 Å². The van der Waals surface area contributed by atoms with Crippen molar-refractivity contribution >= 4 is 5.78 Å². The highest BCUT2D eigenvalue weighted by Crippen LogP contribution is 2.25. The van der Waals surface area contributed by atoms with E-state index in [2.05, 4.69) is 4.90 Å². The Morgan fingerprint density at radius 3 is 2.79 bits per heavy atom. The fraction of sp³-hybridized carbons (Fsp3) is 0.500. The van der Waals surface area contributed by atoms with Gasteiger partial charge in [0, 0.05) is 19.1 Å². The van der Waals surface area contributed by atoms with Crippen molar-refractivity contribution in [3.8, 4) is 11.5 Å². The van der Waals surface area contributed by atoms with Crippen molar-refractivity contribution < 1.29 is 14.3 Å². The molecule has 1 unspecified atom stereocenters. The lowest BCUT2D eigenvalue weighted by molar-refractivity contribution is 0.0941. The molecule has 0 saturated carbocycles. The largest absolute Gasteiger partial charge is 0.497 e. The second kappa shape index (κ2) is 6.04. The lowest BCUT2D eigenvalue weighted by Gasteiger charge is -2.15. The highest BCUT2D eigenvalue weighted by Gasteiger charge is 2.23. The topological polar surface area (TPSA) is 64.8 Å². The van der Waals surface area contributed by atoms with Gasteiger partial charge in [-0.15, -0.1) is 0 Å². The number of benzene rings is 1. The van der Waals surface area contributed by atoms with Gasteiger partial charge in [0.1, 0.15) is 11.5 Å². The zero-order valence-corrected chi connectivity index (χ0v) is 11.4. The van der Waals surface area contributed by atoms with Crippen LogP contribution in [0, 0.1) is 0 Å². The standard InChI is InChI=1S/C14H20N2O3/c1-18-11-3-4-14(19-2)12(7-11)13(17)9-16-6-5-10(15)8-16/h3-4,7,10H,5-6,8-9,15H2,1-2H3. The number of hydrogen-bond acceptors (Lipinski definition) is 5. The summed E-state index contributed by atoms with van der Waals surface area (Å²) in [5, 5.41) is 0. The molecule has 2 rings (SSSR count). The van der Waals surface area contributed by atoms with E-state index in [1.807, 2.05) is 0 Å². The maximum atomic E-state index is 12.3. The fourth-order valence-electron chi connectivity index (χ4n) is 2.33. The van der Waals surface area contributed by atoms with Crippen molar-refractivity contribution in [3.63, 3.8) is 0 Å². The number of Topliss-reactive ketones (excluding diaryl/α,β-unsaturated/α-hetero) is 1. The summed E-state index contributed by atoms with van der Waals surface area (Å²) in [6, 6.07) is 5.43. The highest BCUT2D eigenvalue weighted by atomic mass is 16.5. The monoisotopic (exact) mass is 264 g/mol. The van der Waals surface area contributed by atoms with E-state index in [4.69, 9.17) is 15.2 Å². The molecule has 5 nitrogen and oxygen atoms in total. The van der Waals surface area contributed by atoms with E-state index in [1.165, 1.54) is 0 Å². The number of nitrogens with zero attached hydrogens (tertiary/aromatic N) is 1. The third-order valence-electron chi connectivity index (χ3n) is 3.38. The summed E-state index contributed by atoms with van der Waals surface area (Å²) in [7, 11) is 3.14. The molecular weight excluding hydrogens is 244 g/mol. The molecule has 1 fully saturated rings. The Morgan fingerprint density at radius 2 is 2.21 bits per heavy atom. The van der Waals surface area contributed by atoms with Crippen molar-refractivity contribution in [2.45, 2.75) is 12.5 Å². The minimum absolute atomic E-state index is 0.0323. The number of nitrogens with two attached hydrogens (primary N) is 1. The maximum Gasteiger partial charge on any atom is 0.180 e. The summed E-state index contributed by atoms with van der Waals surface area (Å²) < 4.78 is 10.4. The number of methoxy groups -OCH3 is 2. The van der Waals surface area contributed by atoms with Crippen molar-refractivity contribution in [1.29, 1.82) is 0 Å². The van der Waals surface area contributed by atoms with Gasteiger partial charge in [-0.05, 0) is 24.6 Å². The summed E-state index contributed by atoms with van der Waals surface area (Å²) in [5.74, 6) is 1.27. The fourth-order valence-corrected chi connectivity index (χ4v) is 2.33. The van der Waals surface area contributed by atoms with Crippen LogP contribution in [0.3, 0.4) is 0 Å². The molecule has 2 N–H and O–H groups in total. The summed E-state index contributed by atoms with van der Waals surface area (Å²) in [4.78, 5) is 14.4. The number of carbonyl (C=O) groups excluding carboxylic acids is 1. The van der Waals surface area contributed by atoms with Gasteiger partial charge in [0.2, 0.25) is 0 Å². The summed E-state index contributed by atoms with van der Waals surface area (Å²) in [6.45, 7) is 2.02. The zero-order valence-electron chi connectivity index (χ0n) is 11.4. The van der Waals surface area contributed by atoms with Gasteiger partial charge in [-0.3, -0.25) is 9.69 Å². The molecule has 1 saturated heterocycles. The molecule has 1 aromatic rings. The Morgan fingerprint density at radius 1 is 1.42 bits per heavy atom. The maximum absolute atomic E-state index is 12.3. The van der Waals surface area contributed by atoms with Gasteiger partial charge in [0.25, 0.3) is 0 Å². The molecule has 1 heterocycles. The Balaban J connectivity index is 2.13. The number of carbonyl (C=O) groups is 1. The average Bonchev–Trinajstić information content (AvgIpc) is 2.83. The van der Waals surface area contributed by atoms with Crippen molar-refractivity contribution in [2.24, 2.45) is 5.73 Å². The SMILES string of the molecule is COc1ccc(OC)c(C(=O)CN2CCC(N)C2)c1. The molecule has 1 aromatic carbocycles. The van der Waals surface area contributed by atoms with Crippen LogP contribution in [0.4, 0.5) is 0 Å². The normalized spacial score (nSPS) is 19.4. The molecular formula is C14H20N2O3. The molecule has 0 bridgehead atoms. The van der Waals surface area contributed by atoms with Crippen LogP contribution in [0.15, 0.2) is 18.2 Å². The van der Waals surface area contributed by atoms with Crippen LogP contribution in [-0.4, -0.2) is 50.6 Å². The molecule has 1 atom stereocenters. The number of ketones is 1. The van der Waals surface area contributed by atoms with E-state index in [1.54, 1.807) is 32.4 Å². The van der Waals surface area contributed by atoms with Gasteiger partial charge < -0.3 is 15.2 Å². The van der Waals surface area contributed by atoms with Crippen LogP contribution in [0.2, 0.25) is 0 Å².